The molecule has 1 saturated carbocycles. The van der Waals surface area contributed by atoms with E-state index in [1.807, 2.05) is 0 Å². The molecule has 1 aromatic rings. The Labute approximate surface area is 151 Å². The van der Waals surface area contributed by atoms with Gasteiger partial charge in [0.15, 0.2) is 9.84 Å². The molecule has 5 heteroatoms. The Morgan fingerprint density at radius 3 is 2.28 bits per heavy atom. The van der Waals surface area contributed by atoms with Crippen LogP contribution >= 0.6 is 0 Å². The molecule has 2 aliphatic heterocycles. The van der Waals surface area contributed by atoms with Crippen molar-refractivity contribution in [2.45, 2.75) is 56.6 Å². The zero-order valence-corrected chi connectivity index (χ0v) is 15.7. The summed E-state index contributed by atoms with van der Waals surface area (Å²) in [6.45, 7) is 1.64. The fourth-order valence-electron chi connectivity index (χ4n) is 5.35. The molecule has 0 aromatic heterocycles. The van der Waals surface area contributed by atoms with Crippen LogP contribution in [0.4, 0.5) is 0 Å². The van der Waals surface area contributed by atoms with Gasteiger partial charge in [-0.25, -0.2) is 8.42 Å². The monoisotopic (exact) mass is 363 g/mol. The molecule has 1 N–H and O–H groups in total. The number of hydrogen-bond donors (Lipinski definition) is 1. The van der Waals surface area contributed by atoms with Gasteiger partial charge in [-0.3, -0.25) is 4.90 Å². The minimum absolute atomic E-state index is 0.123. The second-order valence-electron chi connectivity index (χ2n) is 8.52. The molecule has 0 unspecified atom stereocenters. The molecular weight excluding hydrogens is 334 g/mol. The maximum Gasteiger partial charge on any atom is 0.150 e. The zero-order valence-electron chi connectivity index (χ0n) is 14.9. The molecule has 3 aliphatic rings. The summed E-state index contributed by atoms with van der Waals surface area (Å²) in [5, 5.41) is 11.0. The van der Waals surface area contributed by atoms with E-state index in [1.165, 1.54) is 37.7 Å². The van der Waals surface area contributed by atoms with Gasteiger partial charge in [0.1, 0.15) is 0 Å². The lowest BCUT2D eigenvalue weighted by Crippen LogP contribution is -2.63. The van der Waals surface area contributed by atoms with Crippen LogP contribution in [0.5, 0.6) is 0 Å². The molecule has 1 spiro atoms. The predicted octanol–water partition coefficient (Wildman–Crippen LogP) is 2.93. The average Bonchev–Trinajstić information content (AvgIpc) is 2.59. The molecule has 1 atom stereocenters. The fourth-order valence-corrected chi connectivity index (χ4v) is 6.93. The van der Waals surface area contributed by atoms with E-state index in [2.05, 4.69) is 35.2 Å². The molecule has 4 rings (SSSR count). The number of likely N-dealkylation sites (tertiary alicyclic amines) is 1. The van der Waals surface area contributed by atoms with Crippen molar-refractivity contribution in [3.05, 3.63) is 35.9 Å². The Kier molecular flexibility index (Phi) is 4.45. The van der Waals surface area contributed by atoms with Crippen LogP contribution in [-0.2, 0) is 9.84 Å². The van der Waals surface area contributed by atoms with Crippen LogP contribution in [0.15, 0.2) is 30.3 Å². The maximum absolute atomic E-state index is 11.7. The molecular formula is C20H29NO3S. The Bertz CT molecular complexity index is 696. The largest absolute Gasteiger partial charge is 0.388 e. The van der Waals surface area contributed by atoms with E-state index in [1.54, 1.807) is 0 Å². The van der Waals surface area contributed by atoms with Crippen LogP contribution in [0.25, 0.3) is 0 Å². The average molecular weight is 364 g/mol. The summed E-state index contributed by atoms with van der Waals surface area (Å²) in [6, 6.07) is 11.1. The number of aliphatic hydroxyl groups is 1. The van der Waals surface area contributed by atoms with Gasteiger partial charge >= 0.3 is 0 Å². The van der Waals surface area contributed by atoms with Crippen molar-refractivity contribution in [3.63, 3.8) is 0 Å². The highest BCUT2D eigenvalue weighted by atomic mass is 32.2. The standard InChI is InChI=1S/C20H29NO3S/c22-20(11-13-25(23,24)14-12-20)16-21-15-19(9-5-2-6-10-19)18(21)17-7-3-1-4-8-17/h1,3-4,7-8,18,22H,2,5-6,9-16H2/t18-/m0/s1. The summed E-state index contributed by atoms with van der Waals surface area (Å²) < 4.78 is 23.4. The quantitative estimate of drug-likeness (QED) is 0.897. The Morgan fingerprint density at radius 2 is 1.64 bits per heavy atom. The highest BCUT2D eigenvalue weighted by molar-refractivity contribution is 7.91. The third-order valence-corrected chi connectivity index (χ3v) is 8.33. The second kappa shape index (κ2) is 6.36. The lowest BCUT2D eigenvalue weighted by molar-refractivity contribution is -0.137. The van der Waals surface area contributed by atoms with Crippen LogP contribution in [-0.4, -0.2) is 48.6 Å². The molecule has 0 amide bonds. The zero-order chi connectivity index (χ0) is 17.5. The molecule has 4 nitrogen and oxygen atoms in total. The molecule has 2 heterocycles. The van der Waals surface area contributed by atoms with Gasteiger partial charge in [0.25, 0.3) is 0 Å². The van der Waals surface area contributed by atoms with Gasteiger partial charge in [-0.15, -0.1) is 0 Å². The molecule has 138 valence electrons. The topological polar surface area (TPSA) is 57.6 Å². The Morgan fingerprint density at radius 1 is 1.00 bits per heavy atom. The van der Waals surface area contributed by atoms with Crippen molar-refractivity contribution in [2.24, 2.45) is 5.41 Å². The third-order valence-electron chi connectivity index (χ3n) is 6.68. The first-order chi connectivity index (χ1) is 11.9. The van der Waals surface area contributed by atoms with E-state index in [0.717, 1.165) is 6.54 Å². The summed E-state index contributed by atoms with van der Waals surface area (Å²) in [7, 11) is -2.95. The normalized spacial score (nSPS) is 30.7. The van der Waals surface area contributed by atoms with Gasteiger partial charge in [-0.2, -0.15) is 0 Å². The van der Waals surface area contributed by atoms with Gasteiger partial charge in [0.2, 0.25) is 0 Å². The van der Waals surface area contributed by atoms with Gasteiger partial charge in [-0.1, -0.05) is 49.6 Å². The molecule has 25 heavy (non-hydrogen) atoms. The van der Waals surface area contributed by atoms with Crippen LogP contribution < -0.4 is 0 Å². The minimum Gasteiger partial charge on any atom is -0.388 e. The van der Waals surface area contributed by atoms with E-state index < -0.39 is 15.4 Å². The molecule has 1 aliphatic carbocycles. The van der Waals surface area contributed by atoms with Crippen molar-refractivity contribution in [2.75, 3.05) is 24.6 Å². The third kappa shape index (κ3) is 3.38. The van der Waals surface area contributed by atoms with E-state index in [9.17, 15) is 13.5 Å². The molecule has 0 radical (unpaired) electrons. The van der Waals surface area contributed by atoms with Crippen molar-refractivity contribution in [3.8, 4) is 0 Å². The number of β-amino-alcohol motifs (C(OH)–C–C–N with tert-alkyl or cyclic N) is 1. The van der Waals surface area contributed by atoms with Crippen molar-refractivity contribution in [1.82, 2.24) is 4.90 Å². The minimum atomic E-state index is -2.95. The molecule has 3 fully saturated rings. The van der Waals surface area contributed by atoms with Crippen LogP contribution in [0.2, 0.25) is 0 Å². The number of sulfone groups is 1. The molecule has 0 bridgehead atoms. The highest BCUT2D eigenvalue weighted by Gasteiger charge is 2.54. The number of hydrogen-bond acceptors (Lipinski definition) is 4. The van der Waals surface area contributed by atoms with E-state index >= 15 is 0 Å². The van der Waals surface area contributed by atoms with Gasteiger partial charge < -0.3 is 5.11 Å². The first-order valence-corrected chi connectivity index (χ1v) is 11.5. The molecule has 2 saturated heterocycles. The Balaban J connectivity index is 1.53. The summed E-state index contributed by atoms with van der Waals surface area (Å²) in [4.78, 5) is 2.42. The van der Waals surface area contributed by atoms with Crippen molar-refractivity contribution >= 4 is 9.84 Å². The van der Waals surface area contributed by atoms with E-state index in [0.29, 0.717) is 30.8 Å². The van der Waals surface area contributed by atoms with Gasteiger partial charge in [0, 0.05) is 24.5 Å². The lowest BCUT2D eigenvalue weighted by Gasteiger charge is -2.61. The highest BCUT2D eigenvalue weighted by Crippen LogP contribution is 2.57. The number of benzene rings is 1. The first kappa shape index (κ1) is 17.5. The van der Waals surface area contributed by atoms with Crippen molar-refractivity contribution in [1.29, 1.82) is 0 Å². The second-order valence-corrected chi connectivity index (χ2v) is 10.8. The maximum atomic E-state index is 11.7. The first-order valence-electron chi connectivity index (χ1n) is 9.63. The van der Waals surface area contributed by atoms with Crippen molar-refractivity contribution < 1.29 is 13.5 Å². The van der Waals surface area contributed by atoms with E-state index in [4.69, 9.17) is 0 Å². The smallest absolute Gasteiger partial charge is 0.150 e. The lowest BCUT2D eigenvalue weighted by atomic mass is 9.60. The summed E-state index contributed by atoms with van der Waals surface area (Å²) >= 11 is 0. The SMILES string of the molecule is O=S1(=O)CCC(O)(CN2CC3(CCCCC3)[C@@H]2c2ccccc2)CC1. The summed E-state index contributed by atoms with van der Waals surface area (Å²) in [6.07, 6.45) is 7.25. The fraction of sp³-hybridized carbons (Fsp3) is 0.700. The van der Waals surface area contributed by atoms with Crippen LogP contribution in [0, 0.1) is 5.41 Å². The van der Waals surface area contributed by atoms with Crippen LogP contribution in [0.3, 0.4) is 0 Å². The molecule has 1 aromatic carbocycles. The Hall–Kier alpha value is -0.910. The summed E-state index contributed by atoms with van der Waals surface area (Å²) in [5.74, 6) is 0.247. The van der Waals surface area contributed by atoms with Gasteiger partial charge in [-0.05, 0) is 31.2 Å². The van der Waals surface area contributed by atoms with E-state index in [-0.39, 0.29) is 11.5 Å². The summed E-state index contributed by atoms with van der Waals surface area (Å²) in [5.41, 5.74) is 0.855. The van der Waals surface area contributed by atoms with Crippen LogP contribution in [0.1, 0.15) is 56.6 Å². The number of nitrogens with zero attached hydrogens (tertiary/aromatic N) is 1. The number of rotatable bonds is 3. The predicted molar refractivity (Wildman–Crippen MR) is 99.1 cm³/mol. The van der Waals surface area contributed by atoms with Gasteiger partial charge in [0.05, 0.1) is 17.1 Å².